The van der Waals surface area contributed by atoms with Crippen molar-refractivity contribution in [1.29, 1.82) is 0 Å². The van der Waals surface area contributed by atoms with Crippen LogP contribution in [-0.4, -0.2) is 50.8 Å². The van der Waals surface area contributed by atoms with Crippen molar-refractivity contribution in [2.24, 2.45) is 0 Å². The van der Waals surface area contributed by atoms with Crippen LogP contribution in [-0.2, 0) is 9.59 Å². The maximum Gasteiger partial charge on any atom is 0.308 e. The van der Waals surface area contributed by atoms with E-state index >= 15 is 0 Å². The van der Waals surface area contributed by atoms with Gasteiger partial charge in [0.25, 0.3) is 5.91 Å². The van der Waals surface area contributed by atoms with Gasteiger partial charge in [-0.15, -0.1) is 11.8 Å². The molecule has 0 saturated heterocycles. The predicted octanol–water partition coefficient (Wildman–Crippen LogP) is 1.59. The molecule has 1 atom stereocenters. The second kappa shape index (κ2) is 6.74. The van der Waals surface area contributed by atoms with Gasteiger partial charge in [-0.05, 0) is 17.9 Å². The van der Waals surface area contributed by atoms with Crippen molar-refractivity contribution in [3.63, 3.8) is 0 Å². The fourth-order valence-corrected chi connectivity index (χ4v) is 3.39. The number of amides is 1. The van der Waals surface area contributed by atoms with Crippen molar-refractivity contribution in [2.75, 3.05) is 12.8 Å². The first-order valence-corrected chi connectivity index (χ1v) is 7.81. The number of pyridine rings is 1. The first-order chi connectivity index (χ1) is 10.5. The van der Waals surface area contributed by atoms with Crippen LogP contribution >= 0.6 is 11.8 Å². The summed E-state index contributed by atoms with van der Waals surface area (Å²) in [6.07, 6.45) is 1.03. The average molecular weight is 320 g/mol. The van der Waals surface area contributed by atoms with E-state index in [4.69, 9.17) is 5.11 Å². The molecule has 116 valence electrons. The molecule has 0 aromatic carbocycles. The lowest BCUT2D eigenvalue weighted by atomic mass is 10.0. The number of carboxylic acid groups (broad SMARTS) is 1. The molecular formula is C15H16N2O4S. The van der Waals surface area contributed by atoms with Crippen molar-refractivity contribution in [3.8, 4) is 0 Å². The Morgan fingerprint density at radius 1 is 1.41 bits per heavy atom. The molecule has 1 aromatic rings. The van der Waals surface area contributed by atoms with Gasteiger partial charge >= 0.3 is 5.97 Å². The lowest BCUT2D eigenvalue weighted by molar-refractivity contribution is -0.137. The smallest absolute Gasteiger partial charge is 0.308 e. The monoisotopic (exact) mass is 320 g/mol. The van der Waals surface area contributed by atoms with E-state index in [0.29, 0.717) is 5.75 Å². The molecular weight excluding hydrogens is 304 g/mol. The predicted molar refractivity (Wildman–Crippen MR) is 82.5 cm³/mol. The second-order valence-electron chi connectivity index (χ2n) is 4.73. The number of likely N-dealkylation sites (N-methyl/N-ethyl adjacent to an activating group) is 1. The third-order valence-corrected chi connectivity index (χ3v) is 4.50. The van der Waals surface area contributed by atoms with Crippen LogP contribution < -0.4 is 0 Å². The number of hydrogen-bond donors (Lipinski definition) is 1. The number of rotatable bonds is 6. The van der Waals surface area contributed by atoms with Crippen molar-refractivity contribution in [2.45, 2.75) is 18.7 Å². The molecule has 2 rings (SSSR count). The third kappa shape index (κ3) is 3.04. The number of thioether (sulfide) groups is 1. The van der Waals surface area contributed by atoms with Gasteiger partial charge in [0.15, 0.2) is 0 Å². The molecule has 0 radical (unpaired) electrons. The first-order valence-electron chi connectivity index (χ1n) is 6.76. The topological polar surface area (TPSA) is 87.6 Å². The zero-order chi connectivity index (χ0) is 16.3. The number of nitrogens with zero attached hydrogens (tertiary/aromatic N) is 2. The van der Waals surface area contributed by atoms with Crippen LogP contribution in [0.2, 0.25) is 0 Å². The summed E-state index contributed by atoms with van der Waals surface area (Å²) in [5.41, 5.74) is 0.502. The van der Waals surface area contributed by atoms with Crippen LogP contribution in [0, 0.1) is 0 Å². The summed E-state index contributed by atoms with van der Waals surface area (Å²) in [7, 11) is 1.58. The van der Waals surface area contributed by atoms with E-state index in [1.165, 1.54) is 22.9 Å². The number of carbonyl (C=O) groups is 3. The van der Waals surface area contributed by atoms with Gasteiger partial charge in [0, 0.05) is 24.4 Å². The molecule has 1 amide bonds. The van der Waals surface area contributed by atoms with Crippen molar-refractivity contribution in [1.82, 2.24) is 9.88 Å². The molecule has 6 nitrogen and oxygen atoms in total. The lowest BCUT2D eigenvalue weighted by Gasteiger charge is -2.21. The van der Waals surface area contributed by atoms with Crippen LogP contribution in [0.4, 0.5) is 0 Å². The summed E-state index contributed by atoms with van der Waals surface area (Å²) in [4.78, 5) is 41.5. The number of hydrogen-bond acceptors (Lipinski definition) is 5. The normalized spacial score (nSPS) is 18.0. The van der Waals surface area contributed by atoms with E-state index in [0.717, 1.165) is 0 Å². The summed E-state index contributed by atoms with van der Waals surface area (Å²) in [5.74, 6) is -1.24. The Morgan fingerprint density at radius 3 is 2.68 bits per heavy atom. The highest BCUT2D eigenvalue weighted by Gasteiger charge is 2.41. The first kappa shape index (κ1) is 16.2. The Bertz CT molecular complexity index is 642. The van der Waals surface area contributed by atoms with E-state index in [2.05, 4.69) is 4.98 Å². The van der Waals surface area contributed by atoms with Gasteiger partial charge in [-0.3, -0.25) is 19.4 Å². The van der Waals surface area contributed by atoms with Gasteiger partial charge in [0.2, 0.25) is 5.78 Å². The van der Waals surface area contributed by atoms with Crippen LogP contribution in [0.3, 0.4) is 0 Å². The van der Waals surface area contributed by atoms with Crippen LogP contribution in [0.5, 0.6) is 0 Å². The maximum absolute atomic E-state index is 12.7. The zero-order valence-corrected chi connectivity index (χ0v) is 13.1. The standard InChI is InChI=1S/C15H16N2O4S/c1-3-22-15-12(13(20)10-6-4-5-7-16-10)9(8-11(18)19)14(21)17(15)2/h4-7,15H,3,8H2,1-2H3,(H,18,19)/t15-/m1/s1. The average Bonchev–Trinajstić information content (AvgIpc) is 2.72. The van der Waals surface area contributed by atoms with Crippen LogP contribution in [0.1, 0.15) is 23.8 Å². The quantitative estimate of drug-likeness (QED) is 0.801. The Morgan fingerprint density at radius 2 is 2.14 bits per heavy atom. The van der Waals surface area contributed by atoms with Gasteiger partial charge in [-0.25, -0.2) is 0 Å². The minimum absolute atomic E-state index is 0.0524. The molecule has 22 heavy (non-hydrogen) atoms. The largest absolute Gasteiger partial charge is 0.481 e. The van der Waals surface area contributed by atoms with Gasteiger partial charge in [0.05, 0.1) is 6.42 Å². The minimum Gasteiger partial charge on any atom is -0.481 e. The molecule has 0 saturated carbocycles. The molecule has 0 unspecified atom stereocenters. The number of Topliss-reactive ketones (excluding diaryl/α,β-unsaturated/α-hetero) is 1. The number of aliphatic carboxylic acids is 1. The summed E-state index contributed by atoms with van der Waals surface area (Å²) in [6.45, 7) is 1.92. The molecule has 0 aliphatic carbocycles. The van der Waals surface area contributed by atoms with Crippen LogP contribution in [0.15, 0.2) is 35.5 Å². The Balaban J connectivity index is 2.51. The van der Waals surface area contributed by atoms with E-state index in [1.54, 1.807) is 25.2 Å². The SMILES string of the molecule is CCS[C@@H]1C(C(=O)c2ccccn2)=C(CC(=O)O)C(=O)N1C. The lowest BCUT2D eigenvalue weighted by Crippen LogP contribution is -2.31. The Hall–Kier alpha value is -2.15. The van der Waals surface area contributed by atoms with Gasteiger partial charge in [-0.1, -0.05) is 13.0 Å². The van der Waals surface area contributed by atoms with E-state index in [9.17, 15) is 14.4 Å². The summed E-state index contributed by atoms with van der Waals surface area (Å²) < 4.78 is 0. The fraction of sp³-hybridized carbons (Fsp3) is 0.333. The summed E-state index contributed by atoms with van der Waals surface area (Å²) in [6, 6.07) is 4.93. The van der Waals surface area contributed by atoms with Crippen LogP contribution in [0.25, 0.3) is 0 Å². The minimum atomic E-state index is -1.13. The van der Waals surface area contributed by atoms with Gasteiger partial charge in [0.1, 0.15) is 11.1 Å². The molecule has 0 bridgehead atoms. The molecule has 1 N–H and O–H groups in total. The second-order valence-corrected chi connectivity index (χ2v) is 6.09. The molecule has 0 fully saturated rings. The summed E-state index contributed by atoms with van der Waals surface area (Å²) in [5, 5.41) is 8.55. The number of aromatic nitrogens is 1. The Labute approximate surface area is 132 Å². The van der Waals surface area contributed by atoms with E-state index in [1.807, 2.05) is 6.92 Å². The molecule has 1 aromatic heterocycles. The fourth-order valence-electron chi connectivity index (χ4n) is 2.34. The highest BCUT2D eigenvalue weighted by molar-refractivity contribution is 8.00. The molecule has 1 aliphatic rings. The molecule has 2 heterocycles. The zero-order valence-electron chi connectivity index (χ0n) is 12.3. The molecule has 0 spiro atoms. The van der Waals surface area contributed by atoms with Crippen molar-refractivity contribution in [3.05, 3.63) is 41.2 Å². The highest BCUT2D eigenvalue weighted by Crippen LogP contribution is 2.35. The van der Waals surface area contributed by atoms with Gasteiger partial charge < -0.3 is 10.0 Å². The molecule has 1 aliphatic heterocycles. The summed E-state index contributed by atoms with van der Waals surface area (Å²) >= 11 is 1.42. The van der Waals surface area contributed by atoms with Crippen molar-refractivity contribution < 1.29 is 19.5 Å². The maximum atomic E-state index is 12.7. The van der Waals surface area contributed by atoms with E-state index in [-0.39, 0.29) is 22.6 Å². The third-order valence-electron chi connectivity index (χ3n) is 3.30. The number of carbonyl (C=O) groups excluding carboxylic acids is 2. The highest BCUT2D eigenvalue weighted by atomic mass is 32.2. The van der Waals surface area contributed by atoms with Gasteiger partial charge in [-0.2, -0.15) is 0 Å². The van der Waals surface area contributed by atoms with Crippen molar-refractivity contribution >= 4 is 29.4 Å². The van der Waals surface area contributed by atoms with E-state index < -0.39 is 23.7 Å². The molecule has 7 heteroatoms. The Kier molecular flexibility index (Phi) is 4.97. The number of carboxylic acids is 1. The number of ketones is 1.